The Kier molecular flexibility index (Phi) is 4.42. The number of halogens is 1. The molecule has 1 unspecified atom stereocenters. The number of nitrogens with two attached hydrogens (primary N) is 1. The highest BCUT2D eigenvalue weighted by Gasteiger charge is 2.21. The molecule has 0 spiro atoms. The first-order chi connectivity index (χ1) is 8.16. The number of fused-ring (bicyclic) bond motifs is 1. The van der Waals surface area contributed by atoms with E-state index >= 15 is 0 Å². The first-order valence-corrected chi connectivity index (χ1v) is 7.32. The van der Waals surface area contributed by atoms with Gasteiger partial charge in [-0.2, -0.15) is 0 Å². The monoisotopic (exact) mass is 317 g/mol. The zero-order chi connectivity index (χ0) is 12.3. The molecule has 2 rings (SSSR count). The van der Waals surface area contributed by atoms with E-state index in [9.17, 15) is 4.79 Å². The van der Waals surface area contributed by atoms with Crippen molar-refractivity contribution in [2.24, 2.45) is 5.73 Å². The lowest BCUT2D eigenvalue weighted by Gasteiger charge is -2.23. The zero-order valence-electron chi connectivity index (χ0n) is 9.46. The SMILES string of the molecule is NC(=O)NCCNC1CCCc2sc(Br)cc21. The molecule has 0 saturated heterocycles. The number of nitrogens with one attached hydrogen (secondary N) is 2. The number of rotatable bonds is 4. The zero-order valence-corrected chi connectivity index (χ0v) is 11.9. The average Bonchev–Trinajstić information content (AvgIpc) is 2.65. The molecule has 0 saturated carbocycles. The van der Waals surface area contributed by atoms with E-state index in [4.69, 9.17) is 5.73 Å². The second-order valence-corrected chi connectivity index (χ2v) is 6.63. The van der Waals surface area contributed by atoms with Gasteiger partial charge in [0.15, 0.2) is 0 Å². The van der Waals surface area contributed by atoms with Crippen molar-refractivity contribution in [1.82, 2.24) is 10.6 Å². The molecule has 0 fully saturated rings. The Hall–Kier alpha value is -0.590. The molecule has 0 radical (unpaired) electrons. The second kappa shape index (κ2) is 5.84. The van der Waals surface area contributed by atoms with E-state index in [1.165, 1.54) is 27.1 Å². The minimum atomic E-state index is -0.464. The van der Waals surface area contributed by atoms with Crippen molar-refractivity contribution in [3.05, 3.63) is 20.3 Å². The fraction of sp³-hybridized carbons (Fsp3) is 0.545. The Morgan fingerprint density at radius 3 is 3.18 bits per heavy atom. The van der Waals surface area contributed by atoms with Crippen LogP contribution in [0.15, 0.2) is 9.85 Å². The number of thiophene rings is 1. The van der Waals surface area contributed by atoms with E-state index in [0.29, 0.717) is 12.6 Å². The number of amides is 2. The van der Waals surface area contributed by atoms with Crippen LogP contribution >= 0.6 is 27.3 Å². The van der Waals surface area contributed by atoms with Gasteiger partial charge in [0, 0.05) is 24.0 Å². The Labute approximate surface area is 113 Å². The van der Waals surface area contributed by atoms with E-state index < -0.39 is 6.03 Å². The topological polar surface area (TPSA) is 67.2 Å². The van der Waals surface area contributed by atoms with Gasteiger partial charge in [-0.25, -0.2) is 4.79 Å². The highest BCUT2D eigenvalue weighted by molar-refractivity contribution is 9.11. The summed E-state index contributed by atoms with van der Waals surface area (Å²) in [5.74, 6) is 0. The maximum Gasteiger partial charge on any atom is 0.312 e. The third kappa shape index (κ3) is 3.43. The number of urea groups is 1. The first kappa shape index (κ1) is 12.9. The molecular weight excluding hydrogens is 302 g/mol. The Bertz CT molecular complexity index is 407. The molecule has 17 heavy (non-hydrogen) atoms. The largest absolute Gasteiger partial charge is 0.352 e. The normalized spacial score (nSPS) is 18.8. The van der Waals surface area contributed by atoms with E-state index in [1.54, 1.807) is 0 Å². The molecule has 2 amide bonds. The molecule has 4 nitrogen and oxygen atoms in total. The van der Waals surface area contributed by atoms with Crippen molar-refractivity contribution in [2.75, 3.05) is 13.1 Å². The summed E-state index contributed by atoms with van der Waals surface area (Å²) in [7, 11) is 0. The maximum absolute atomic E-state index is 10.5. The van der Waals surface area contributed by atoms with E-state index in [2.05, 4.69) is 32.6 Å². The quantitative estimate of drug-likeness (QED) is 0.745. The van der Waals surface area contributed by atoms with Gasteiger partial charge in [-0.1, -0.05) is 0 Å². The molecule has 1 aliphatic rings. The maximum atomic E-state index is 10.5. The standard InChI is InChI=1S/C11H16BrN3OS/c12-10-6-7-8(2-1-3-9(7)17-10)14-4-5-15-11(13)16/h6,8,14H,1-5H2,(H3,13,15,16). The van der Waals surface area contributed by atoms with Crippen LogP contribution in [-0.2, 0) is 6.42 Å². The van der Waals surface area contributed by atoms with Gasteiger partial charge in [0.2, 0.25) is 0 Å². The summed E-state index contributed by atoms with van der Waals surface area (Å²) in [4.78, 5) is 12.0. The molecule has 0 bridgehead atoms. The number of carbonyl (C=O) groups excluding carboxylic acids is 1. The van der Waals surface area contributed by atoms with Crippen LogP contribution in [0.25, 0.3) is 0 Å². The minimum Gasteiger partial charge on any atom is -0.352 e. The number of hydrogen-bond donors (Lipinski definition) is 3. The van der Waals surface area contributed by atoms with Crippen LogP contribution in [0.5, 0.6) is 0 Å². The second-order valence-electron chi connectivity index (χ2n) is 4.12. The molecule has 1 aliphatic carbocycles. The van der Waals surface area contributed by atoms with Gasteiger partial charge in [0.05, 0.1) is 3.79 Å². The molecule has 1 aromatic rings. The molecular formula is C11H16BrN3OS. The summed E-state index contributed by atoms with van der Waals surface area (Å²) in [6.45, 7) is 1.33. The predicted molar refractivity (Wildman–Crippen MR) is 73.3 cm³/mol. The van der Waals surface area contributed by atoms with Crippen LogP contribution in [-0.4, -0.2) is 19.1 Å². The van der Waals surface area contributed by atoms with Crippen LogP contribution in [0.4, 0.5) is 4.79 Å². The lowest BCUT2D eigenvalue weighted by molar-refractivity contribution is 0.248. The molecule has 1 atom stereocenters. The van der Waals surface area contributed by atoms with Gasteiger partial charge >= 0.3 is 6.03 Å². The van der Waals surface area contributed by atoms with Gasteiger partial charge < -0.3 is 16.4 Å². The number of primary amides is 1. The fourth-order valence-corrected chi connectivity index (χ4v) is 3.99. The van der Waals surface area contributed by atoms with Crippen molar-refractivity contribution in [1.29, 1.82) is 0 Å². The van der Waals surface area contributed by atoms with Crippen molar-refractivity contribution >= 4 is 33.3 Å². The highest BCUT2D eigenvalue weighted by Crippen LogP contribution is 2.37. The lowest BCUT2D eigenvalue weighted by atomic mass is 9.94. The molecule has 0 aromatic carbocycles. The summed E-state index contributed by atoms with van der Waals surface area (Å²) >= 11 is 5.36. The van der Waals surface area contributed by atoms with Gasteiger partial charge in [0.25, 0.3) is 0 Å². The lowest BCUT2D eigenvalue weighted by Crippen LogP contribution is -2.36. The number of carbonyl (C=O) groups is 1. The summed E-state index contributed by atoms with van der Waals surface area (Å²) in [6, 6.07) is 2.16. The van der Waals surface area contributed by atoms with Crippen molar-refractivity contribution in [2.45, 2.75) is 25.3 Å². The Morgan fingerprint density at radius 2 is 2.41 bits per heavy atom. The van der Waals surface area contributed by atoms with Gasteiger partial charge in [-0.15, -0.1) is 11.3 Å². The molecule has 94 valence electrons. The molecule has 0 aliphatic heterocycles. The van der Waals surface area contributed by atoms with Crippen LogP contribution < -0.4 is 16.4 Å². The van der Waals surface area contributed by atoms with Crippen LogP contribution in [0.1, 0.15) is 29.3 Å². The molecule has 4 N–H and O–H groups in total. The van der Waals surface area contributed by atoms with Gasteiger partial charge in [0.1, 0.15) is 0 Å². The van der Waals surface area contributed by atoms with Crippen LogP contribution in [0.2, 0.25) is 0 Å². The van der Waals surface area contributed by atoms with Crippen molar-refractivity contribution in [3.8, 4) is 0 Å². The van der Waals surface area contributed by atoms with E-state index in [-0.39, 0.29) is 0 Å². The predicted octanol–water partition coefficient (Wildman–Crippen LogP) is 2.15. The molecule has 6 heteroatoms. The summed E-state index contributed by atoms with van der Waals surface area (Å²) in [5, 5.41) is 6.05. The third-order valence-corrected chi connectivity index (χ3v) is 4.61. The first-order valence-electron chi connectivity index (χ1n) is 5.71. The summed E-state index contributed by atoms with van der Waals surface area (Å²) in [6.07, 6.45) is 3.57. The summed E-state index contributed by atoms with van der Waals surface area (Å²) in [5.41, 5.74) is 6.42. The van der Waals surface area contributed by atoms with Crippen LogP contribution in [0.3, 0.4) is 0 Å². The smallest absolute Gasteiger partial charge is 0.312 e. The van der Waals surface area contributed by atoms with Crippen LogP contribution in [0, 0.1) is 0 Å². The highest BCUT2D eigenvalue weighted by atomic mass is 79.9. The number of aryl methyl sites for hydroxylation is 1. The Balaban J connectivity index is 1.88. The van der Waals surface area contributed by atoms with Crippen molar-refractivity contribution in [3.63, 3.8) is 0 Å². The fourth-order valence-electron chi connectivity index (χ4n) is 2.17. The summed E-state index contributed by atoms with van der Waals surface area (Å²) < 4.78 is 1.20. The van der Waals surface area contributed by atoms with Gasteiger partial charge in [-0.3, -0.25) is 0 Å². The minimum absolute atomic E-state index is 0.413. The molecule has 1 heterocycles. The average molecular weight is 318 g/mol. The van der Waals surface area contributed by atoms with E-state index in [0.717, 1.165) is 13.0 Å². The van der Waals surface area contributed by atoms with Gasteiger partial charge in [-0.05, 0) is 46.8 Å². The van der Waals surface area contributed by atoms with E-state index in [1.807, 2.05) is 11.3 Å². The number of hydrogen-bond acceptors (Lipinski definition) is 3. The molecule has 1 aromatic heterocycles. The third-order valence-electron chi connectivity index (χ3n) is 2.90. The Morgan fingerprint density at radius 1 is 1.59 bits per heavy atom. The van der Waals surface area contributed by atoms with Crippen molar-refractivity contribution < 1.29 is 4.79 Å².